The van der Waals surface area contributed by atoms with Gasteiger partial charge in [-0.05, 0) is 6.72 Å². The predicted octanol–water partition coefficient (Wildman–Crippen LogP) is -0.672. The number of nitrogens with zero attached hydrogens (tertiary/aromatic N) is 1. The van der Waals surface area contributed by atoms with Crippen LogP contribution in [0.2, 0.25) is 0 Å². The van der Waals surface area contributed by atoms with Crippen molar-refractivity contribution in [2.75, 3.05) is 0 Å². The van der Waals surface area contributed by atoms with Crippen LogP contribution in [0.5, 0.6) is 0 Å². The van der Waals surface area contributed by atoms with E-state index < -0.39 is 0 Å². The summed E-state index contributed by atoms with van der Waals surface area (Å²) in [4.78, 5) is 3.48. The van der Waals surface area contributed by atoms with Crippen molar-refractivity contribution in [2.45, 2.75) is 12.5 Å². The minimum atomic E-state index is -0.164. The van der Waals surface area contributed by atoms with Crippen molar-refractivity contribution < 1.29 is 4.74 Å². The van der Waals surface area contributed by atoms with E-state index >= 15 is 0 Å². The van der Waals surface area contributed by atoms with E-state index in [1.807, 2.05) is 0 Å². The van der Waals surface area contributed by atoms with Crippen LogP contribution in [0.1, 0.15) is 0 Å². The third-order valence-corrected chi connectivity index (χ3v) is 0.681. The van der Waals surface area contributed by atoms with Gasteiger partial charge in [0.1, 0.15) is 0 Å². The number of hydrogen-bond donors (Lipinski definition) is 1. The monoisotopic (exact) mass is 86.0 g/mol. The third-order valence-electron chi connectivity index (χ3n) is 0.681. The molecular formula is C3H6N2O. The normalized spacial score (nSPS) is 42.2. The molecule has 3 nitrogen and oxygen atoms in total. The largest absolute Gasteiger partial charge is 0.330 e. The molecule has 0 aliphatic carbocycles. The average molecular weight is 86.1 g/mol. The van der Waals surface area contributed by atoms with Crippen LogP contribution in [0.25, 0.3) is 0 Å². The predicted molar refractivity (Wildman–Crippen MR) is 22.4 cm³/mol. The fraction of sp³-hybridized carbons (Fsp3) is 0.667. The Hall–Kier alpha value is -0.410. The molecule has 0 aromatic rings. The first kappa shape index (κ1) is 3.77. The Labute approximate surface area is 35.8 Å². The lowest BCUT2D eigenvalue weighted by Crippen LogP contribution is -2.02. The maximum atomic E-state index is 5.12. The highest BCUT2D eigenvalue weighted by Gasteiger charge is 2.33. The van der Waals surface area contributed by atoms with Gasteiger partial charge < -0.3 is 10.5 Å². The maximum Gasteiger partial charge on any atom is 0.188 e. The summed E-state index contributed by atoms with van der Waals surface area (Å²) in [5.74, 6) is 0. The SMILES string of the molecule is C=NC1OC1N. The lowest BCUT2D eigenvalue weighted by atomic mass is 10.7. The number of aliphatic imine (C=N–C) groups is 1. The molecule has 2 atom stereocenters. The lowest BCUT2D eigenvalue weighted by molar-refractivity contribution is 0.379. The molecule has 0 radical (unpaired) electrons. The van der Waals surface area contributed by atoms with Gasteiger partial charge in [0.2, 0.25) is 0 Å². The molecule has 0 saturated carbocycles. The Morgan fingerprint density at radius 3 is 2.33 bits per heavy atom. The maximum absolute atomic E-state index is 5.12. The molecule has 1 fully saturated rings. The Kier molecular flexibility index (Phi) is 0.645. The lowest BCUT2D eigenvalue weighted by Gasteiger charge is -1.66. The highest BCUT2D eigenvalue weighted by molar-refractivity contribution is 5.24. The molecule has 2 N–H and O–H groups in total. The average Bonchev–Trinajstić information content (AvgIpc) is 2.19. The van der Waals surface area contributed by atoms with Crippen LogP contribution < -0.4 is 5.73 Å². The van der Waals surface area contributed by atoms with Crippen LogP contribution in [-0.4, -0.2) is 19.2 Å². The summed E-state index contributed by atoms with van der Waals surface area (Å²) in [6.07, 6.45) is -0.271. The minimum absolute atomic E-state index is 0.106. The topological polar surface area (TPSA) is 50.9 Å². The van der Waals surface area contributed by atoms with Gasteiger partial charge in [0, 0.05) is 0 Å². The molecule has 1 saturated heterocycles. The van der Waals surface area contributed by atoms with Gasteiger partial charge in [-0.1, -0.05) is 0 Å². The number of ether oxygens (including phenoxy) is 1. The van der Waals surface area contributed by atoms with Gasteiger partial charge in [0.05, 0.1) is 0 Å². The zero-order chi connectivity index (χ0) is 4.57. The van der Waals surface area contributed by atoms with Crippen molar-refractivity contribution in [1.29, 1.82) is 0 Å². The van der Waals surface area contributed by atoms with Crippen LogP contribution in [-0.2, 0) is 4.74 Å². The van der Waals surface area contributed by atoms with Crippen molar-refractivity contribution in [1.82, 2.24) is 0 Å². The van der Waals surface area contributed by atoms with Gasteiger partial charge >= 0.3 is 0 Å². The van der Waals surface area contributed by atoms with E-state index in [1.54, 1.807) is 0 Å². The second-order valence-corrected chi connectivity index (χ2v) is 1.17. The molecule has 6 heavy (non-hydrogen) atoms. The molecule has 0 bridgehead atoms. The smallest absolute Gasteiger partial charge is 0.188 e. The standard InChI is InChI=1S/C3H6N2O/c1-5-3-2(4)6-3/h2-3H,1,4H2. The summed E-state index contributed by atoms with van der Waals surface area (Å²) in [5, 5.41) is 0. The third kappa shape index (κ3) is 0.418. The molecule has 1 aliphatic rings. The molecule has 0 aromatic heterocycles. The quantitative estimate of drug-likeness (QED) is 0.340. The minimum Gasteiger partial charge on any atom is -0.330 e. The van der Waals surface area contributed by atoms with Crippen molar-refractivity contribution in [3.63, 3.8) is 0 Å². The molecule has 2 unspecified atom stereocenters. The zero-order valence-electron chi connectivity index (χ0n) is 3.29. The van der Waals surface area contributed by atoms with E-state index in [4.69, 9.17) is 5.73 Å². The van der Waals surface area contributed by atoms with Gasteiger partial charge in [-0.2, -0.15) is 0 Å². The molecular weight excluding hydrogens is 80.0 g/mol. The van der Waals surface area contributed by atoms with E-state index in [-0.39, 0.29) is 12.5 Å². The number of nitrogens with two attached hydrogens (primary N) is 1. The van der Waals surface area contributed by atoms with E-state index in [9.17, 15) is 0 Å². The van der Waals surface area contributed by atoms with Gasteiger partial charge in [-0.25, -0.2) is 0 Å². The molecule has 1 heterocycles. The van der Waals surface area contributed by atoms with E-state index in [1.165, 1.54) is 0 Å². The van der Waals surface area contributed by atoms with Gasteiger partial charge in [0.25, 0.3) is 0 Å². The molecule has 1 aliphatic heterocycles. The van der Waals surface area contributed by atoms with Crippen molar-refractivity contribution in [2.24, 2.45) is 10.7 Å². The summed E-state index contributed by atoms with van der Waals surface area (Å²) in [6.45, 7) is 3.22. The summed E-state index contributed by atoms with van der Waals surface area (Å²) in [7, 11) is 0. The van der Waals surface area contributed by atoms with Crippen LogP contribution >= 0.6 is 0 Å². The fourth-order valence-electron chi connectivity index (χ4n) is 0.263. The van der Waals surface area contributed by atoms with Crippen molar-refractivity contribution >= 4 is 6.72 Å². The molecule has 0 spiro atoms. The number of epoxide rings is 1. The van der Waals surface area contributed by atoms with E-state index in [2.05, 4.69) is 16.4 Å². The summed E-state index contributed by atoms with van der Waals surface area (Å²) in [5.41, 5.74) is 5.12. The Morgan fingerprint density at radius 1 is 1.83 bits per heavy atom. The van der Waals surface area contributed by atoms with Crippen LogP contribution in [0.15, 0.2) is 4.99 Å². The van der Waals surface area contributed by atoms with E-state index in [0.29, 0.717) is 0 Å². The zero-order valence-corrected chi connectivity index (χ0v) is 3.29. The summed E-state index contributed by atoms with van der Waals surface area (Å²) in [6, 6.07) is 0. The first-order chi connectivity index (χ1) is 2.84. The molecule has 34 valence electrons. The van der Waals surface area contributed by atoms with Crippen LogP contribution in [0.3, 0.4) is 0 Å². The van der Waals surface area contributed by atoms with E-state index in [0.717, 1.165) is 0 Å². The highest BCUT2D eigenvalue weighted by atomic mass is 16.6. The van der Waals surface area contributed by atoms with Gasteiger partial charge in [-0.15, -0.1) is 0 Å². The molecule has 0 amide bonds. The highest BCUT2D eigenvalue weighted by Crippen LogP contribution is 2.15. The van der Waals surface area contributed by atoms with Gasteiger partial charge in [-0.3, -0.25) is 4.99 Å². The molecule has 0 aromatic carbocycles. The number of hydrogen-bond acceptors (Lipinski definition) is 3. The fourth-order valence-corrected chi connectivity index (χ4v) is 0.263. The molecule has 3 heteroatoms. The first-order valence-corrected chi connectivity index (χ1v) is 1.71. The summed E-state index contributed by atoms with van der Waals surface area (Å²) < 4.78 is 4.61. The van der Waals surface area contributed by atoms with Crippen molar-refractivity contribution in [3.8, 4) is 0 Å². The number of rotatable bonds is 1. The second kappa shape index (κ2) is 1.03. The Balaban J connectivity index is 2.25. The first-order valence-electron chi connectivity index (χ1n) is 1.71. The Morgan fingerprint density at radius 2 is 2.33 bits per heavy atom. The van der Waals surface area contributed by atoms with Crippen LogP contribution in [0.4, 0.5) is 0 Å². The Bertz CT molecular complexity index is 73.2. The van der Waals surface area contributed by atoms with Crippen LogP contribution in [0, 0.1) is 0 Å². The van der Waals surface area contributed by atoms with Gasteiger partial charge in [0.15, 0.2) is 12.5 Å². The van der Waals surface area contributed by atoms with Crippen molar-refractivity contribution in [3.05, 3.63) is 0 Å². The molecule has 1 rings (SSSR count). The second-order valence-electron chi connectivity index (χ2n) is 1.17. The summed E-state index contributed by atoms with van der Waals surface area (Å²) >= 11 is 0.